The standard InChI is InChI=1S/C30H32F3NO6.C27H28F3NO6.C18H25FN2O3.C11H8F2O4/c1-27(2,16-35)25-10-18-9-17(21(31)13-22(18)34(25)14-20-15-37-28(3,4)38-20)11-26(36)29(7-8-29)19-5-6-23-24(12-19)40-30(32,33)39-23;1-25(2,14-33)23-8-16-7-15(19(28)11-20(16)31(23)12-18(34)13-32)9-24(35)26(5-6-26)17-3-4-21-22(10-17)37-27(29,30)36-21;1-17(2,10-22)16-6-11-5-14(20)13(19)7-15(11)21(16)8-12-9-23-18(3,4)24-12;12-11(13)16-7-2-1-6(5-8(7)17-11)10(3-4-10)9(14)15/h5-6,9-10,12-13,20,35H,7-8,11,14-16H2,1-4H3;3-4,7-8,10-11,18,32-34H,5-6,9,12-14H2,1-2H3;5-7,12,22H,8-10,20H2,1-4H3;1-2,5H,3-4H2,(H,14,15)/t20-;18-;12-;/m000./s1. The predicted molar refractivity (Wildman–Crippen MR) is 409 cm³/mol. The number of carboxylic acids is 1. The molecular formula is C86H93F9N4O19. The first kappa shape index (κ1) is 84.8. The van der Waals surface area contributed by atoms with Crippen molar-refractivity contribution in [3.05, 3.63) is 172 Å². The highest BCUT2D eigenvalue weighted by molar-refractivity contribution is 5.97. The number of Topliss-reactive ketones (excluding diaryl/α,β-unsaturated/α-hetero) is 2. The topological polar surface area (TPSA) is 306 Å². The highest BCUT2D eigenvalue weighted by Crippen LogP contribution is 2.56. The summed E-state index contributed by atoms with van der Waals surface area (Å²) in [5.74, 6) is -4.88. The van der Waals surface area contributed by atoms with Gasteiger partial charge in [0.2, 0.25) is 0 Å². The van der Waals surface area contributed by atoms with Crippen molar-refractivity contribution in [3.63, 3.8) is 0 Å². The SMILES string of the molecule is CC(C)(CO)c1cc2cc(CC(=O)C3(c4ccc5c(c4)OC(F)(F)O5)CC3)c(F)cc2n1C[C@H](O)CO.CC1(C)OC[C@H](Cn2c(C(C)(C)CO)cc3cc(CC(=O)C4(c5ccc6c(c5)OC(F)(F)O6)CC4)c(F)cc32)O1.CC1(C)OC[C@H](Cn2c(C(C)(C)CO)cc3cc(N)c(F)cc32)O1.O=C(O)C1(c2ccc3c(c2)OC(F)(F)O3)CC1. The Hall–Kier alpha value is -9.64. The van der Waals surface area contributed by atoms with Gasteiger partial charge >= 0.3 is 24.9 Å². The molecule has 5 aliphatic heterocycles. The van der Waals surface area contributed by atoms with E-state index in [0.717, 1.165) is 27.7 Å². The number of halogens is 9. The first-order valence-electron chi connectivity index (χ1n) is 38.7. The Balaban J connectivity index is 0.000000135. The second-order valence-corrected chi connectivity index (χ2v) is 34.5. The van der Waals surface area contributed by atoms with E-state index in [1.165, 1.54) is 60.7 Å². The maximum atomic E-state index is 15.6. The third-order valence-corrected chi connectivity index (χ3v) is 23.2. The number of benzene rings is 6. The smallest absolute Gasteiger partial charge is 0.481 e. The van der Waals surface area contributed by atoms with Gasteiger partial charge in [-0.05, 0) is 179 Å². The van der Waals surface area contributed by atoms with Crippen molar-refractivity contribution in [1.82, 2.24) is 13.7 Å². The van der Waals surface area contributed by atoms with Gasteiger partial charge in [0.25, 0.3) is 0 Å². The van der Waals surface area contributed by atoms with Crippen LogP contribution in [-0.2, 0) is 98.3 Å². The molecule has 5 fully saturated rings. The number of carbonyl (C=O) groups is 3. The van der Waals surface area contributed by atoms with Crippen molar-refractivity contribution < 1.29 is 132 Å². The largest absolute Gasteiger partial charge is 0.586 e. The van der Waals surface area contributed by atoms with Gasteiger partial charge in [0, 0.05) is 68.4 Å². The number of ketones is 2. The molecule has 8 heterocycles. The Morgan fingerprint density at radius 3 is 1.10 bits per heavy atom. The van der Waals surface area contributed by atoms with Gasteiger partial charge in [0.05, 0.1) is 104 Å². The van der Waals surface area contributed by atoms with Crippen LogP contribution >= 0.6 is 0 Å². The Morgan fingerprint density at radius 2 is 0.780 bits per heavy atom. The summed E-state index contributed by atoms with van der Waals surface area (Å²) < 4.78 is 180. The average molecular weight is 1660 g/mol. The quantitative estimate of drug-likeness (QED) is 0.0231. The lowest BCUT2D eigenvalue weighted by atomic mass is 9.87. The van der Waals surface area contributed by atoms with Gasteiger partial charge in [-0.1, -0.05) is 59.7 Å². The molecule has 3 saturated carbocycles. The van der Waals surface area contributed by atoms with Crippen molar-refractivity contribution in [2.75, 3.05) is 45.4 Å². The highest BCUT2D eigenvalue weighted by Gasteiger charge is 2.56. The number of alkyl halides is 6. The van der Waals surface area contributed by atoms with Gasteiger partial charge in [0.15, 0.2) is 46.1 Å². The van der Waals surface area contributed by atoms with Crippen LogP contribution in [0.5, 0.6) is 34.5 Å². The fourth-order valence-electron chi connectivity index (χ4n) is 16.0. The number of ether oxygens (including phenoxy) is 10. The van der Waals surface area contributed by atoms with E-state index in [1.807, 2.05) is 90.5 Å². The van der Waals surface area contributed by atoms with Gasteiger partial charge in [-0.15, -0.1) is 26.3 Å². The number of aromatic nitrogens is 3. The van der Waals surface area contributed by atoms with E-state index in [2.05, 4.69) is 28.4 Å². The molecule has 3 atom stereocenters. The molecule has 118 heavy (non-hydrogen) atoms. The van der Waals surface area contributed by atoms with E-state index in [9.17, 15) is 70.6 Å². The molecule has 0 amide bonds. The number of nitrogens with zero attached hydrogens (tertiary/aromatic N) is 3. The molecule has 3 aromatic heterocycles. The first-order valence-corrected chi connectivity index (χ1v) is 38.7. The van der Waals surface area contributed by atoms with Crippen LogP contribution in [0.4, 0.5) is 45.2 Å². The minimum absolute atomic E-state index is 0.00273. The summed E-state index contributed by atoms with van der Waals surface area (Å²) in [5, 5.41) is 60.5. The molecule has 0 bridgehead atoms. The normalized spacial score (nSPS) is 20.7. The van der Waals surface area contributed by atoms with Gasteiger partial charge in [-0.2, -0.15) is 0 Å². The first-order chi connectivity index (χ1) is 55.2. The average Bonchev–Trinajstić information content (AvgIpc) is 1.60. The molecule has 0 radical (unpaired) electrons. The van der Waals surface area contributed by atoms with Crippen LogP contribution in [0, 0.1) is 17.5 Å². The molecule has 6 aromatic carbocycles. The number of aliphatic carboxylic acids is 1. The Morgan fingerprint density at radius 1 is 0.458 bits per heavy atom. The predicted octanol–water partition coefficient (Wildman–Crippen LogP) is 13.8. The van der Waals surface area contributed by atoms with Crippen molar-refractivity contribution in [3.8, 4) is 34.5 Å². The lowest BCUT2D eigenvalue weighted by molar-refractivity contribution is -0.287. The molecule has 2 saturated heterocycles. The van der Waals surface area contributed by atoms with Gasteiger partial charge in [-0.3, -0.25) is 14.4 Å². The number of aliphatic hydroxyl groups excluding tert-OH is 5. The monoisotopic (exact) mass is 1660 g/mol. The van der Waals surface area contributed by atoms with E-state index in [-0.39, 0.29) is 114 Å². The number of carbonyl (C=O) groups excluding carboxylic acids is 2. The summed E-state index contributed by atoms with van der Waals surface area (Å²) in [7, 11) is 0. The van der Waals surface area contributed by atoms with Crippen molar-refractivity contribution in [2.45, 2.75) is 221 Å². The van der Waals surface area contributed by atoms with Crippen molar-refractivity contribution >= 4 is 55.9 Å². The van der Waals surface area contributed by atoms with Crippen molar-refractivity contribution in [2.24, 2.45) is 0 Å². The van der Waals surface area contributed by atoms with Crippen molar-refractivity contribution in [1.29, 1.82) is 0 Å². The van der Waals surface area contributed by atoms with Gasteiger partial charge < -0.3 is 97.4 Å². The minimum atomic E-state index is -3.76. The molecule has 9 aromatic rings. The molecule has 8 N–H and O–H groups in total. The molecular weight excluding hydrogens is 1560 g/mol. The maximum absolute atomic E-state index is 15.6. The second-order valence-electron chi connectivity index (χ2n) is 34.5. The number of rotatable bonds is 23. The number of aliphatic hydroxyl groups is 5. The van der Waals surface area contributed by atoms with Crippen LogP contribution in [0.3, 0.4) is 0 Å². The zero-order chi connectivity index (χ0) is 85.4. The molecule has 23 nitrogen and oxygen atoms in total. The third kappa shape index (κ3) is 16.8. The molecule has 0 unspecified atom stereocenters. The van der Waals surface area contributed by atoms with E-state index in [1.54, 1.807) is 41.0 Å². The summed E-state index contributed by atoms with van der Waals surface area (Å²) in [6.07, 6.45) is -9.86. The molecule has 8 aliphatic rings. The van der Waals surface area contributed by atoms with Crippen LogP contribution in [-0.4, -0.2) is 150 Å². The van der Waals surface area contributed by atoms with E-state index >= 15 is 8.78 Å². The van der Waals surface area contributed by atoms with Crippen LogP contribution in [0.15, 0.2) is 109 Å². The summed E-state index contributed by atoms with van der Waals surface area (Å²) in [5.41, 5.74) is 7.53. The number of carboxylic acid groups (broad SMARTS) is 1. The summed E-state index contributed by atoms with van der Waals surface area (Å²) in [6.45, 7) is 19.8. The summed E-state index contributed by atoms with van der Waals surface area (Å²) in [6, 6.07) is 27.5. The molecule has 0 spiro atoms. The maximum Gasteiger partial charge on any atom is 0.586 e. The van der Waals surface area contributed by atoms with Gasteiger partial charge in [0.1, 0.15) is 41.2 Å². The zero-order valence-electron chi connectivity index (χ0n) is 66.5. The van der Waals surface area contributed by atoms with Crippen LogP contribution in [0.1, 0.15) is 153 Å². The number of fused-ring (bicyclic) bond motifs is 6. The number of nitrogens with two attached hydrogens (primary N) is 1. The molecule has 32 heteroatoms. The van der Waals surface area contributed by atoms with Crippen LogP contribution < -0.4 is 34.2 Å². The fourth-order valence-corrected chi connectivity index (χ4v) is 16.0. The minimum Gasteiger partial charge on any atom is -0.481 e. The third-order valence-electron chi connectivity index (χ3n) is 23.2. The Kier molecular flexibility index (Phi) is 21.7. The lowest BCUT2D eigenvalue weighted by Crippen LogP contribution is -2.29. The fraction of sp³-hybridized carbons (Fsp3) is 0.477. The number of anilines is 1. The zero-order valence-corrected chi connectivity index (χ0v) is 66.5. The second kappa shape index (κ2) is 30.3. The van der Waals surface area contributed by atoms with Crippen LogP contribution in [0.2, 0.25) is 0 Å². The Bertz CT molecular complexity index is 5430. The number of nitrogen functional groups attached to an aromatic ring is 1. The molecule has 3 aliphatic carbocycles. The van der Waals surface area contributed by atoms with Crippen LogP contribution in [0.25, 0.3) is 32.7 Å². The summed E-state index contributed by atoms with van der Waals surface area (Å²) >= 11 is 0. The number of hydrogen-bond acceptors (Lipinski definition) is 19. The highest BCUT2D eigenvalue weighted by atomic mass is 19.3. The van der Waals surface area contributed by atoms with E-state index in [0.29, 0.717) is 104 Å². The van der Waals surface area contributed by atoms with E-state index < -0.39 is 99.1 Å². The molecule has 17 rings (SSSR count). The molecule has 634 valence electrons. The van der Waals surface area contributed by atoms with E-state index in [4.69, 9.17) is 29.8 Å². The lowest BCUT2D eigenvalue weighted by Gasteiger charge is -2.26. The number of hydrogen-bond donors (Lipinski definition) is 7. The Labute approximate surface area is 671 Å². The van der Waals surface area contributed by atoms with Gasteiger partial charge in [-0.25, -0.2) is 13.2 Å². The summed E-state index contributed by atoms with van der Waals surface area (Å²) in [4.78, 5) is 38.0.